The van der Waals surface area contributed by atoms with Gasteiger partial charge in [0.25, 0.3) is 0 Å². The SMILES string of the molecule is C[C@@H](C(=O)Oc1cccc(-c2ncc(N)cn2)c1)C1CCOCC1. The van der Waals surface area contributed by atoms with Gasteiger partial charge in [-0.15, -0.1) is 0 Å². The Kier molecular flexibility index (Phi) is 5.05. The maximum Gasteiger partial charge on any atom is 0.314 e. The van der Waals surface area contributed by atoms with Crippen LogP contribution < -0.4 is 10.5 Å². The number of hydrogen-bond donors (Lipinski definition) is 1. The molecule has 2 heterocycles. The van der Waals surface area contributed by atoms with E-state index in [1.807, 2.05) is 19.1 Å². The van der Waals surface area contributed by atoms with E-state index in [9.17, 15) is 4.79 Å². The van der Waals surface area contributed by atoms with Gasteiger partial charge in [0.05, 0.1) is 24.0 Å². The van der Waals surface area contributed by atoms with Crippen molar-refractivity contribution in [1.29, 1.82) is 0 Å². The summed E-state index contributed by atoms with van der Waals surface area (Å²) in [5.74, 6) is 0.994. The van der Waals surface area contributed by atoms with Gasteiger partial charge in [-0.1, -0.05) is 19.1 Å². The number of carbonyl (C=O) groups is 1. The summed E-state index contributed by atoms with van der Waals surface area (Å²) >= 11 is 0. The number of ether oxygens (including phenoxy) is 2. The molecule has 6 heteroatoms. The highest BCUT2D eigenvalue weighted by molar-refractivity contribution is 5.75. The third-order valence-corrected chi connectivity index (χ3v) is 4.33. The minimum atomic E-state index is -0.211. The Labute approximate surface area is 141 Å². The number of hydrogen-bond acceptors (Lipinski definition) is 6. The highest BCUT2D eigenvalue weighted by Crippen LogP contribution is 2.26. The molecule has 0 aliphatic carbocycles. The molecule has 0 radical (unpaired) electrons. The van der Waals surface area contributed by atoms with Crippen molar-refractivity contribution in [2.75, 3.05) is 18.9 Å². The van der Waals surface area contributed by atoms with Gasteiger partial charge in [0.15, 0.2) is 5.82 Å². The third-order valence-electron chi connectivity index (χ3n) is 4.33. The summed E-state index contributed by atoms with van der Waals surface area (Å²) in [4.78, 5) is 20.8. The summed E-state index contributed by atoms with van der Waals surface area (Å²) < 4.78 is 10.9. The van der Waals surface area contributed by atoms with Crippen LogP contribution in [0.1, 0.15) is 19.8 Å². The minimum absolute atomic E-state index is 0.148. The first-order valence-electron chi connectivity index (χ1n) is 8.11. The second-order valence-electron chi connectivity index (χ2n) is 6.03. The summed E-state index contributed by atoms with van der Waals surface area (Å²) in [6.07, 6.45) is 4.90. The number of rotatable bonds is 4. The van der Waals surface area contributed by atoms with Crippen molar-refractivity contribution in [3.8, 4) is 17.1 Å². The normalized spacial score (nSPS) is 16.5. The molecule has 126 valence electrons. The summed E-state index contributed by atoms with van der Waals surface area (Å²) in [7, 11) is 0. The Morgan fingerprint density at radius 3 is 2.71 bits per heavy atom. The summed E-state index contributed by atoms with van der Waals surface area (Å²) in [5.41, 5.74) is 6.88. The quantitative estimate of drug-likeness (QED) is 0.686. The maximum absolute atomic E-state index is 12.4. The lowest BCUT2D eigenvalue weighted by Gasteiger charge is -2.26. The molecule has 3 rings (SSSR count). The summed E-state index contributed by atoms with van der Waals surface area (Å²) in [6, 6.07) is 7.21. The van der Waals surface area contributed by atoms with Crippen LogP contribution in [-0.2, 0) is 9.53 Å². The molecular formula is C18H21N3O3. The van der Waals surface area contributed by atoms with Crippen molar-refractivity contribution in [1.82, 2.24) is 9.97 Å². The van der Waals surface area contributed by atoms with Gasteiger partial charge in [-0.3, -0.25) is 4.79 Å². The predicted molar refractivity (Wildman–Crippen MR) is 90.2 cm³/mol. The number of carbonyl (C=O) groups excluding carboxylic acids is 1. The zero-order valence-electron chi connectivity index (χ0n) is 13.6. The average molecular weight is 327 g/mol. The van der Waals surface area contributed by atoms with Crippen molar-refractivity contribution >= 4 is 11.7 Å². The number of nitrogen functional groups attached to an aromatic ring is 1. The van der Waals surface area contributed by atoms with Gasteiger partial charge in [0.2, 0.25) is 0 Å². The number of esters is 1. The first-order valence-corrected chi connectivity index (χ1v) is 8.11. The summed E-state index contributed by atoms with van der Waals surface area (Å²) in [5, 5.41) is 0. The second kappa shape index (κ2) is 7.40. The molecule has 1 aliphatic rings. The van der Waals surface area contributed by atoms with E-state index < -0.39 is 0 Å². The molecule has 1 aromatic heterocycles. The smallest absolute Gasteiger partial charge is 0.314 e. The van der Waals surface area contributed by atoms with Gasteiger partial charge >= 0.3 is 5.97 Å². The predicted octanol–water partition coefficient (Wildman–Crippen LogP) is 2.69. The molecule has 0 unspecified atom stereocenters. The fourth-order valence-electron chi connectivity index (χ4n) is 2.80. The van der Waals surface area contributed by atoms with E-state index in [1.165, 1.54) is 0 Å². The molecule has 24 heavy (non-hydrogen) atoms. The molecule has 1 saturated heterocycles. The van der Waals surface area contributed by atoms with E-state index in [2.05, 4.69) is 9.97 Å². The fourth-order valence-corrected chi connectivity index (χ4v) is 2.80. The lowest BCUT2D eigenvalue weighted by atomic mass is 9.87. The Hall–Kier alpha value is -2.47. The van der Waals surface area contributed by atoms with Crippen molar-refractivity contribution in [3.63, 3.8) is 0 Å². The number of anilines is 1. The minimum Gasteiger partial charge on any atom is -0.426 e. The zero-order chi connectivity index (χ0) is 16.9. The van der Waals surface area contributed by atoms with Crippen LogP contribution in [-0.4, -0.2) is 29.2 Å². The van der Waals surface area contributed by atoms with Crippen molar-refractivity contribution in [3.05, 3.63) is 36.7 Å². The monoisotopic (exact) mass is 327 g/mol. The van der Waals surface area contributed by atoms with Crippen molar-refractivity contribution < 1.29 is 14.3 Å². The van der Waals surface area contributed by atoms with Crippen molar-refractivity contribution in [2.45, 2.75) is 19.8 Å². The number of nitrogens with two attached hydrogens (primary N) is 1. The third kappa shape index (κ3) is 3.89. The van der Waals surface area contributed by atoms with Gasteiger partial charge in [0, 0.05) is 18.8 Å². The van der Waals surface area contributed by atoms with E-state index in [1.54, 1.807) is 24.5 Å². The first-order chi connectivity index (χ1) is 11.6. The lowest BCUT2D eigenvalue weighted by molar-refractivity contribution is -0.141. The lowest BCUT2D eigenvalue weighted by Crippen LogP contribution is -2.29. The van der Waals surface area contributed by atoms with Gasteiger partial charge < -0.3 is 15.2 Å². The van der Waals surface area contributed by atoms with Gasteiger partial charge in [-0.05, 0) is 30.9 Å². The number of nitrogens with zero attached hydrogens (tertiary/aromatic N) is 2. The van der Waals surface area contributed by atoms with Crippen LogP contribution in [0, 0.1) is 11.8 Å². The van der Waals surface area contributed by atoms with Crippen LogP contribution in [0.4, 0.5) is 5.69 Å². The molecule has 1 atom stereocenters. The molecule has 1 aromatic carbocycles. The zero-order valence-corrected chi connectivity index (χ0v) is 13.6. The molecule has 0 amide bonds. The Morgan fingerprint density at radius 2 is 2.00 bits per heavy atom. The van der Waals surface area contributed by atoms with E-state index >= 15 is 0 Å². The molecule has 6 nitrogen and oxygen atoms in total. The van der Waals surface area contributed by atoms with Crippen LogP contribution in [0.25, 0.3) is 11.4 Å². The van der Waals surface area contributed by atoms with E-state index in [0.717, 1.165) is 18.4 Å². The highest BCUT2D eigenvalue weighted by Gasteiger charge is 2.27. The maximum atomic E-state index is 12.4. The van der Waals surface area contributed by atoms with Gasteiger partial charge in [0.1, 0.15) is 5.75 Å². The molecule has 0 saturated carbocycles. The molecular weight excluding hydrogens is 306 g/mol. The van der Waals surface area contributed by atoms with Crippen LogP contribution in [0.3, 0.4) is 0 Å². The largest absolute Gasteiger partial charge is 0.426 e. The van der Waals surface area contributed by atoms with Crippen LogP contribution in [0.5, 0.6) is 5.75 Å². The standard InChI is InChI=1S/C18H21N3O3/c1-12(13-5-7-23-8-6-13)18(22)24-16-4-2-3-14(9-16)17-20-10-15(19)11-21-17/h2-4,9-13H,5-8,19H2,1H3/t12-/m1/s1. The van der Waals surface area contributed by atoms with Gasteiger partial charge in [-0.2, -0.15) is 0 Å². The van der Waals surface area contributed by atoms with E-state index in [4.69, 9.17) is 15.2 Å². The summed E-state index contributed by atoms with van der Waals surface area (Å²) in [6.45, 7) is 3.35. The Bertz CT molecular complexity index is 697. The first kappa shape index (κ1) is 16.4. The topological polar surface area (TPSA) is 87.3 Å². The van der Waals surface area contributed by atoms with Gasteiger partial charge in [-0.25, -0.2) is 9.97 Å². The highest BCUT2D eigenvalue weighted by atomic mass is 16.5. The van der Waals surface area contributed by atoms with Crippen LogP contribution >= 0.6 is 0 Å². The number of benzene rings is 1. The van der Waals surface area contributed by atoms with Crippen LogP contribution in [0.2, 0.25) is 0 Å². The van der Waals surface area contributed by atoms with Crippen molar-refractivity contribution in [2.24, 2.45) is 11.8 Å². The second-order valence-corrected chi connectivity index (χ2v) is 6.03. The van der Waals surface area contributed by atoms with E-state index in [0.29, 0.717) is 36.4 Å². The average Bonchev–Trinajstić information content (AvgIpc) is 2.62. The Morgan fingerprint density at radius 1 is 1.29 bits per heavy atom. The molecule has 1 fully saturated rings. The van der Waals surface area contributed by atoms with Crippen LogP contribution in [0.15, 0.2) is 36.7 Å². The number of aromatic nitrogens is 2. The molecule has 0 spiro atoms. The fraction of sp³-hybridized carbons (Fsp3) is 0.389. The Balaban J connectivity index is 1.69. The molecule has 1 aliphatic heterocycles. The molecule has 0 bridgehead atoms. The van der Waals surface area contributed by atoms with E-state index in [-0.39, 0.29) is 11.9 Å². The molecule has 2 N–H and O–H groups in total. The molecule has 2 aromatic rings.